The minimum Gasteiger partial charge on any atom is -0.296 e. The minimum absolute atomic E-state index is 0.444. The number of carbonyl (C=O) groups excluding carboxylic acids is 1. The van der Waals surface area contributed by atoms with Crippen LogP contribution in [0, 0.1) is 6.92 Å². The lowest BCUT2D eigenvalue weighted by molar-refractivity contribution is 0.111. The second-order valence-corrected chi connectivity index (χ2v) is 6.00. The maximum absolute atomic E-state index is 11.1. The van der Waals surface area contributed by atoms with Crippen LogP contribution in [0.3, 0.4) is 0 Å². The van der Waals surface area contributed by atoms with Crippen LogP contribution in [0.2, 0.25) is 5.02 Å². The zero-order valence-corrected chi connectivity index (χ0v) is 13.6. The van der Waals surface area contributed by atoms with Crippen LogP contribution in [0.25, 0.3) is 0 Å². The third-order valence-corrected chi connectivity index (χ3v) is 4.16. The first-order chi connectivity index (χ1) is 11.2. The van der Waals surface area contributed by atoms with Gasteiger partial charge in [0.25, 0.3) is 0 Å². The van der Waals surface area contributed by atoms with Crippen molar-refractivity contribution >= 4 is 17.9 Å². The van der Waals surface area contributed by atoms with Gasteiger partial charge < -0.3 is 0 Å². The zero-order valence-electron chi connectivity index (χ0n) is 12.9. The Balaban J connectivity index is 1.90. The predicted octanol–water partition coefficient (Wildman–Crippen LogP) is 4.30. The second-order valence-electron chi connectivity index (χ2n) is 5.59. The van der Waals surface area contributed by atoms with E-state index in [-0.39, 0.29) is 0 Å². The number of hydrogen-bond donors (Lipinski definition) is 0. The molecular weight excluding hydrogens is 308 g/mol. The maximum Gasteiger partial charge on any atom is 0.170 e. The third-order valence-electron chi connectivity index (χ3n) is 3.79. The number of aldehydes is 1. The van der Waals surface area contributed by atoms with Crippen molar-refractivity contribution in [3.05, 3.63) is 87.7 Å². The molecule has 0 aliphatic heterocycles. The fourth-order valence-electron chi connectivity index (χ4n) is 2.52. The van der Waals surface area contributed by atoms with Crippen molar-refractivity contribution < 1.29 is 4.79 Å². The van der Waals surface area contributed by atoms with Crippen LogP contribution < -0.4 is 0 Å². The fraction of sp³-hybridized carbons (Fsp3) is 0.158. The number of carbonyl (C=O) groups is 1. The number of benzene rings is 2. The van der Waals surface area contributed by atoms with Gasteiger partial charge in [0.2, 0.25) is 0 Å². The molecular formula is C19H17ClN2O. The van der Waals surface area contributed by atoms with Crippen LogP contribution in [0.5, 0.6) is 0 Å². The fourth-order valence-corrected chi connectivity index (χ4v) is 2.71. The zero-order chi connectivity index (χ0) is 16.2. The Morgan fingerprint density at radius 1 is 1.13 bits per heavy atom. The Morgan fingerprint density at radius 3 is 2.57 bits per heavy atom. The molecule has 3 aromatic rings. The molecule has 0 aliphatic rings. The maximum atomic E-state index is 11.1. The van der Waals surface area contributed by atoms with E-state index >= 15 is 0 Å². The van der Waals surface area contributed by atoms with E-state index in [4.69, 9.17) is 11.6 Å². The van der Waals surface area contributed by atoms with Crippen LogP contribution in [0.15, 0.2) is 54.6 Å². The molecule has 0 fully saturated rings. The third kappa shape index (κ3) is 3.69. The van der Waals surface area contributed by atoms with Gasteiger partial charge in [-0.05, 0) is 30.2 Å². The molecule has 0 amide bonds. The first-order valence-electron chi connectivity index (χ1n) is 7.46. The van der Waals surface area contributed by atoms with E-state index in [9.17, 15) is 4.79 Å². The van der Waals surface area contributed by atoms with Gasteiger partial charge in [0.05, 0.1) is 6.54 Å². The lowest BCUT2D eigenvalue weighted by atomic mass is 10.1. The van der Waals surface area contributed by atoms with E-state index in [1.54, 1.807) is 0 Å². The lowest BCUT2D eigenvalue weighted by Crippen LogP contribution is -2.07. The van der Waals surface area contributed by atoms with Gasteiger partial charge in [0.15, 0.2) is 6.29 Å². The molecule has 23 heavy (non-hydrogen) atoms. The number of rotatable bonds is 5. The van der Waals surface area contributed by atoms with Gasteiger partial charge in [0.1, 0.15) is 5.69 Å². The molecule has 0 atom stereocenters. The van der Waals surface area contributed by atoms with Crippen molar-refractivity contribution in [2.75, 3.05) is 0 Å². The standard InChI is InChI=1S/C19H17ClN2O/c1-14-6-8-15(9-7-14)10-18-11-17(13-23)21-22(18)12-16-4-2-3-5-19(16)20/h2-9,11,13H,10,12H2,1H3. The summed E-state index contributed by atoms with van der Waals surface area (Å²) in [5, 5.41) is 5.07. The Morgan fingerprint density at radius 2 is 1.87 bits per heavy atom. The van der Waals surface area contributed by atoms with Crippen LogP contribution in [0.4, 0.5) is 0 Å². The molecule has 2 aromatic carbocycles. The summed E-state index contributed by atoms with van der Waals surface area (Å²) in [6.07, 6.45) is 1.51. The summed E-state index contributed by atoms with van der Waals surface area (Å²) in [6, 6.07) is 17.9. The smallest absolute Gasteiger partial charge is 0.170 e. The first kappa shape index (κ1) is 15.5. The Kier molecular flexibility index (Phi) is 4.58. The quantitative estimate of drug-likeness (QED) is 0.656. The van der Waals surface area contributed by atoms with Gasteiger partial charge in [-0.15, -0.1) is 0 Å². The highest BCUT2D eigenvalue weighted by Crippen LogP contribution is 2.18. The molecule has 0 spiro atoms. The highest BCUT2D eigenvalue weighted by molar-refractivity contribution is 6.31. The Labute approximate surface area is 140 Å². The minimum atomic E-state index is 0.444. The molecule has 1 aromatic heterocycles. The number of nitrogens with zero attached hydrogens (tertiary/aromatic N) is 2. The molecule has 0 bridgehead atoms. The van der Waals surface area contributed by atoms with Gasteiger partial charge in [-0.2, -0.15) is 5.10 Å². The van der Waals surface area contributed by atoms with Crippen molar-refractivity contribution in [2.45, 2.75) is 19.9 Å². The van der Waals surface area contributed by atoms with Gasteiger partial charge >= 0.3 is 0 Å². The molecule has 0 radical (unpaired) electrons. The van der Waals surface area contributed by atoms with Crippen molar-refractivity contribution in [3.8, 4) is 0 Å². The number of halogens is 1. The second kappa shape index (κ2) is 6.80. The first-order valence-corrected chi connectivity index (χ1v) is 7.84. The number of hydrogen-bond acceptors (Lipinski definition) is 2. The molecule has 3 rings (SSSR count). The molecule has 4 heteroatoms. The van der Waals surface area contributed by atoms with Gasteiger partial charge in [-0.3, -0.25) is 9.48 Å². The van der Waals surface area contributed by atoms with Crippen LogP contribution in [-0.4, -0.2) is 16.1 Å². The predicted molar refractivity (Wildman–Crippen MR) is 92.2 cm³/mol. The summed E-state index contributed by atoms with van der Waals surface area (Å²) < 4.78 is 1.85. The Bertz CT molecular complexity index is 822. The summed E-state index contributed by atoms with van der Waals surface area (Å²) in [4.78, 5) is 11.1. The van der Waals surface area contributed by atoms with Gasteiger partial charge in [-0.1, -0.05) is 59.6 Å². The van der Waals surface area contributed by atoms with E-state index in [1.165, 1.54) is 11.1 Å². The average Bonchev–Trinajstić information content (AvgIpc) is 2.94. The number of aryl methyl sites for hydroxylation is 1. The van der Waals surface area contributed by atoms with Gasteiger partial charge in [0, 0.05) is 17.1 Å². The topological polar surface area (TPSA) is 34.9 Å². The van der Waals surface area contributed by atoms with E-state index in [0.717, 1.165) is 24.0 Å². The molecule has 0 aliphatic carbocycles. The van der Waals surface area contributed by atoms with Crippen LogP contribution in [-0.2, 0) is 13.0 Å². The van der Waals surface area contributed by atoms with Crippen molar-refractivity contribution in [1.29, 1.82) is 0 Å². The van der Waals surface area contributed by atoms with E-state index in [0.29, 0.717) is 17.3 Å². The molecule has 0 N–H and O–H groups in total. The average molecular weight is 325 g/mol. The van der Waals surface area contributed by atoms with Crippen molar-refractivity contribution in [3.63, 3.8) is 0 Å². The summed E-state index contributed by atoms with van der Waals surface area (Å²) >= 11 is 6.23. The molecule has 3 nitrogen and oxygen atoms in total. The normalized spacial score (nSPS) is 10.7. The van der Waals surface area contributed by atoms with Crippen LogP contribution in [0.1, 0.15) is 32.9 Å². The molecule has 0 saturated heterocycles. The highest BCUT2D eigenvalue weighted by Gasteiger charge is 2.10. The molecule has 116 valence electrons. The summed E-state index contributed by atoms with van der Waals surface area (Å²) in [6.45, 7) is 2.62. The van der Waals surface area contributed by atoms with Crippen molar-refractivity contribution in [1.82, 2.24) is 9.78 Å². The van der Waals surface area contributed by atoms with E-state index in [1.807, 2.05) is 35.0 Å². The van der Waals surface area contributed by atoms with Crippen LogP contribution >= 0.6 is 11.6 Å². The largest absolute Gasteiger partial charge is 0.296 e. The lowest BCUT2D eigenvalue weighted by Gasteiger charge is -2.09. The summed E-state index contributed by atoms with van der Waals surface area (Å²) in [5.74, 6) is 0. The highest BCUT2D eigenvalue weighted by atomic mass is 35.5. The van der Waals surface area contributed by atoms with Gasteiger partial charge in [-0.25, -0.2) is 0 Å². The molecule has 1 heterocycles. The van der Waals surface area contributed by atoms with Crippen molar-refractivity contribution in [2.24, 2.45) is 0 Å². The monoisotopic (exact) mass is 324 g/mol. The summed E-state index contributed by atoms with van der Waals surface area (Å²) in [5.41, 5.74) is 4.84. The Hall–Kier alpha value is -2.39. The molecule has 0 saturated carbocycles. The van der Waals surface area contributed by atoms with E-state index < -0.39 is 0 Å². The molecule has 0 unspecified atom stereocenters. The SMILES string of the molecule is Cc1ccc(Cc2cc(C=O)nn2Cc2ccccc2Cl)cc1. The van der Waals surface area contributed by atoms with E-state index in [2.05, 4.69) is 36.3 Å². The summed E-state index contributed by atoms with van der Waals surface area (Å²) in [7, 11) is 0. The number of aromatic nitrogens is 2.